The predicted molar refractivity (Wildman–Crippen MR) is 87.7 cm³/mol. The number of aromatic nitrogens is 1. The first-order valence-electron chi connectivity index (χ1n) is 7.58. The van der Waals surface area contributed by atoms with Gasteiger partial charge in [0.05, 0.1) is 11.8 Å². The maximum Gasteiger partial charge on any atom is 0.337 e. The van der Waals surface area contributed by atoms with E-state index in [1.807, 2.05) is 4.90 Å². The Morgan fingerprint density at radius 1 is 1.17 bits per heavy atom. The summed E-state index contributed by atoms with van der Waals surface area (Å²) in [4.78, 5) is 31.0. The third-order valence-electron chi connectivity index (χ3n) is 3.84. The highest BCUT2D eigenvalue weighted by molar-refractivity contribution is 5.91. The first-order chi connectivity index (χ1) is 11.6. The van der Waals surface area contributed by atoms with Gasteiger partial charge in [-0.3, -0.25) is 4.79 Å². The Morgan fingerprint density at radius 3 is 2.54 bits per heavy atom. The number of hydrogen-bond acceptors (Lipinski definition) is 5. The lowest BCUT2D eigenvalue weighted by Crippen LogP contribution is -2.48. The summed E-state index contributed by atoms with van der Waals surface area (Å²) in [5.74, 6) is 0.316. The van der Waals surface area contributed by atoms with E-state index in [1.54, 1.807) is 35.4 Å². The molecule has 0 atom stereocenters. The molecular weight excluding hydrogens is 310 g/mol. The molecular formula is C17H17N3O4. The number of carboxylic acids is 1. The summed E-state index contributed by atoms with van der Waals surface area (Å²) < 4.78 is 5.16. The first kappa shape index (κ1) is 15.8. The van der Waals surface area contributed by atoms with Crippen molar-refractivity contribution in [2.24, 2.45) is 0 Å². The molecule has 1 N–H and O–H groups in total. The fraction of sp³-hybridized carbons (Fsp3) is 0.235. The van der Waals surface area contributed by atoms with Crippen LogP contribution in [0.5, 0.6) is 0 Å². The molecule has 0 bridgehead atoms. The maximum atomic E-state index is 12.2. The fourth-order valence-electron chi connectivity index (χ4n) is 2.50. The molecule has 2 aromatic heterocycles. The number of hydrogen-bond donors (Lipinski definition) is 1. The molecule has 24 heavy (non-hydrogen) atoms. The van der Waals surface area contributed by atoms with E-state index in [2.05, 4.69) is 4.98 Å². The van der Waals surface area contributed by atoms with Crippen molar-refractivity contribution >= 4 is 23.8 Å². The SMILES string of the molecule is O=C(O)c1ccc(N2CCN(C(=O)/C=C/c3ccco3)CC2)nc1. The molecule has 3 heterocycles. The zero-order valence-corrected chi connectivity index (χ0v) is 13.0. The highest BCUT2D eigenvalue weighted by Crippen LogP contribution is 2.14. The number of piperazine rings is 1. The van der Waals surface area contributed by atoms with Crippen LogP contribution in [-0.2, 0) is 4.79 Å². The summed E-state index contributed by atoms with van der Waals surface area (Å²) in [6, 6.07) is 6.78. The van der Waals surface area contributed by atoms with E-state index in [1.165, 1.54) is 18.3 Å². The van der Waals surface area contributed by atoms with E-state index in [4.69, 9.17) is 9.52 Å². The Balaban J connectivity index is 1.55. The van der Waals surface area contributed by atoms with E-state index in [-0.39, 0.29) is 11.5 Å². The van der Waals surface area contributed by atoms with Gasteiger partial charge in [0.15, 0.2) is 0 Å². The van der Waals surface area contributed by atoms with Crippen LogP contribution in [0.4, 0.5) is 5.82 Å². The molecule has 0 aliphatic carbocycles. The van der Waals surface area contributed by atoms with Gasteiger partial charge in [-0.2, -0.15) is 0 Å². The lowest BCUT2D eigenvalue weighted by Gasteiger charge is -2.34. The number of carbonyl (C=O) groups excluding carboxylic acids is 1. The highest BCUT2D eigenvalue weighted by atomic mass is 16.4. The largest absolute Gasteiger partial charge is 0.478 e. The number of pyridine rings is 1. The number of furan rings is 1. The van der Waals surface area contributed by atoms with E-state index in [9.17, 15) is 9.59 Å². The number of aromatic carboxylic acids is 1. The van der Waals surface area contributed by atoms with Gasteiger partial charge in [-0.1, -0.05) is 0 Å². The second kappa shape index (κ2) is 6.99. The number of nitrogens with zero attached hydrogens (tertiary/aromatic N) is 3. The third-order valence-corrected chi connectivity index (χ3v) is 3.84. The zero-order valence-electron chi connectivity index (χ0n) is 13.0. The Kier molecular flexibility index (Phi) is 4.60. The van der Waals surface area contributed by atoms with Crippen LogP contribution in [0.2, 0.25) is 0 Å². The molecule has 1 aliphatic heterocycles. The van der Waals surface area contributed by atoms with Crippen LogP contribution in [0.25, 0.3) is 6.08 Å². The van der Waals surface area contributed by atoms with Crippen molar-refractivity contribution in [3.05, 3.63) is 54.1 Å². The minimum atomic E-state index is -0.993. The molecule has 3 rings (SSSR count). The summed E-state index contributed by atoms with van der Waals surface area (Å²) in [7, 11) is 0. The zero-order chi connectivity index (χ0) is 16.9. The van der Waals surface area contributed by atoms with Crippen molar-refractivity contribution in [2.75, 3.05) is 31.1 Å². The second-order valence-electron chi connectivity index (χ2n) is 5.37. The van der Waals surface area contributed by atoms with Gasteiger partial charge < -0.3 is 19.3 Å². The number of amides is 1. The number of carboxylic acid groups (broad SMARTS) is 1. The molecule has 0 unspecified atom stereocenters. The van der Waals surface area contributed by atoms with Crippen molar-refractivity contribution in [1.82, 2.24) is 9.88 Å². The maximum absolute atomic E-state index is 12.2. The molecule has 1 aliphatic rings. The van der Waals surface area contributed by atoms with Gasteiger partial charge in [0, 0.05) is 38.5 Å². The summed E-state index contributed by atoms with van der Waals surface area (Å²) in [6.45, 7) is 2.48. The normalized spacial score (nSPS) is 15.0. The molecule has 0 saturated carbocycles. The quantitative estimate of drug-likeness (QED) is 0.861. The van der Waals surface area contributed by atoms with Crippen molar-refractivity contribution < 1.29 is 19.1 Å². The number of anilines is 1. The lowest BCUT2D eigenvalue weighted by atomic mass is 10.2. The number of carbonyl (C=O) groups is 2. The van der Waals surface area contributed by atoms with Crippen molar-refractivity contribution in [2.45, 2.75) is 0 Å². The van der Waals surface area contributed by atoms with Crippen LogP contribution in [-0.4, -0.2) is 53.0 Å². The molecule has 0 radical (unpaired) electrons. The van der Waals surface area contributed by atoms with Crippen molar-refractivity contribution in [3.63, 3.8) is 0 Å². The van der Waals surface area contributed by atoms with E-state index >= 15 is 0 Å². The fourth-order valence-corrected chi connectivity index (χ4v) is 2.50. The molecule has 1 amide bonds. The molecule has 0 aromatic carbocycles. The van der Waals surface area contributed by atoms with Gasteiger partial charge in [-0.25, -0.2) is 9.78 Å². The van der Waals surface area contributed by atoms with Gasteiger partial charge in [-0.05, 0) is 30.3 Å². The Hall–Kier alpha value is -3.09. The molecule has 0 spiro atoms. The molecule has 1 fully saturated rings. The van der Waals surface area contributed by atoms with Crippen LogP contribution >= 0.6 is 0 Å². The van der Waals surface area contributed by atoms with Gasteiger partial charge in [0.1, 0.15) is 11.6 Å². The van der Waals surface area contributed by atoms with E-state index in [0.29, 0.717) is 31.9 Å². The second-order valence-corrected chi connectivity index (χ2v) is 5.37. The molecule has 7 heteroatoms. The minimum absolute atomic E-state index is 0.0553. The topological polar surface area (TPSA) is 86.9 Å². The predicted octanol–water partition coefficient (Wildman–Crippen LogP) is 1.73. The smallest absolute Gasteiger partial charge is 0.337 e. The molecule has 1 saturated heterocycles. The number of rotatable bonds is 4. The molecule has 2 aromatic rings. The van der Waals surface area contributed by atoms with Gasteiger partial charge in [-0.15, -0.1) is 0 Å². The monoisotopic (exact) mass is 327 g/mol. The Morgan fingerprint density at radius 2 is 1.96 bits per heavy atom. The summed E-state index contributed by atoms with van der Waals surface area (Å²) in [6.07, 6.45) is 6.07. The van der Waals surface area contributed by atoms with Crippen LogP contribution in [0.15, 0.2) is 47.2 Å². The summed E-state index contributed by atoms with van der Waals surface area (Å²) in [5.41, 5.74) is 0.163. The van der Waals surface area contributed by atoms with Crippen LogP contribution < -0.4 is 4.90 Å². The standard InChI is InChI=1S/C17H17N3O4/c21-16(6-4-14-2-1-11-24-14)20-9-7-19(8-10-20)15-5-3-13(12-18-15)17(22)23/h1-6,11-12H,7-10H2,(H,22,23)/b6-4+. The molecule has 124 valence electrons. The Labute approximate surface area is 138 Å². The van der Waals surface area contributed by atoms with Gasteiger partial charge in [0.2, 0.25) is 5.91 Å². The van der Waals surface area contributed by atoms with Crippen molar-refractivity contribution in [1.29, 1.82) is 0 Å². The average Bonchev–Trinajstić information content (AvgIpc) is 3.13. The average molecular weight is 327 g/mol. The Bertz CT molecular complexity index is 730. The third kappa shape index (κ3) is 3.62. The van der Waals surface area contributed by atoms with Gasteiger partial charge >= 0.3 is 5.97 Å². The van der Waals surface area contributed by atoms with Crippen LogP contribution in [0.3, 0.4) is 0 Å². The summed E-state index contributed by atoms with van der Waals surface area (Å²) >= 11 is 0. The van der Waals surface area contributed by atoms with Crippen molar-refractivity contribution in [3.8, 4) is 0 Å². The van der Waals surface area contributed by atoms with E-state index in [0.717, 1.165) is 5.82 Å². The molecule has 7 nitrogen and oxygen atoms in total. The first-order valence-corrected chi connectivity index (χ1v) is 7.58. The highest BCUT2D eigenvalue weighted by Gasteiger charge is 2.20. The lowest BCUT2D eigenvalue weighted by molar-refractivity contribution is -0.126. The van der Waals surface area contributed by atoms with E-state index < -0.39 is 5.97 Å². The van der Waals surface area contributed by atoms with Crippen LogP contribution in [0, 0.1) is 0 Å². The minimum Gasteiger partial charge on any atom is -0.478 e. The van der Waals surface area contributed by atoms with Crippen LogP contribution in [0.1, 0.15) is 16.1 Å². The van der Waals surface area contributed by atoms with Gasteiger partial charge in [0.25, 0.3) is 0 Å². The summed E-state index contributed by atoms with van der Waals surface area (Å²) in [5, 5.41) is 8.89.